The van der Waals surface area contributed by atoms with Crippen molar-refractivity contribution in [1.82, 2.24) is 10.2 Å². The van der Waals surface area contributed by atoms with E-state index in [2.05, 4.69) is 5.32 Å². The minimum atomic E-state index is -2.90. The van der Waals surface area contributed by atoms with E-state index < -0.39 is 21.8 Å². The summed E-state index contributed by atoms with van der Waals surface area (Å²) in [5, 5.41) is 11.9. The minimum Gasteiger partial charge on any atom is -0.480 e. The van der Waals surface area contributed by atoms with Gasteiger partial charge in [-0.05, 0) is 19.9 Å². The Morgan fingerprint density at radius 1 is 1.56 bits per heavy atom. The van der Waals surface area contributed by atoms with Gasteiger partial charge in [0.15, 0.2) is 9.84 Å². The lowest BCUT2D eigenvalue weighted by Gasteiger charge is -2.33. The lowest BCUT2D eigenvalue weighted by molar-refractivity contribution is -0.139. The van der Waals surface area contributed by atoms with Crippen LogP contribution in [-0.4, -0.2) is 67.6 Å². The molecular weight excluding hydrogens is 256 g/mol. The molecule has 0 aromatic heterocycles. The predicted octanol–water partition coefficient (Wildman–Crippen LogP) is -0.442. The van der Waals surface area contributed by atoms with Gasteiger partial charge in [0.05, 0.1) is 11.5 Å². The van der Waals surface area contributed by atoms with E-state index in [1.807, 2.05) is 18.7 Å². The number of rotatable bonds is 6. The van der Waals surface area contributed by atoms with Gasteiger partial charge in [-0.25, -0.2) is 8.42 Å². The van der Waals surface area contributed by atoms with Crippen LogP contribution in [-0.2, 0) is 14.6 Å². The summed E-state index contributed by atoms with van der Waals surface area (Å²) < 4.78 is 22.8. The normalized spacial score (nSPS) is 25.8. The molecule has 2 unspecified atom stereocenters. The highest BCUT2D eigenvalue weighted by Crippen LogP contribution is 2.12. The van der Waals surface area contributed by atoms with Crippen molar-refractivity contribution in [2.24, 2.45) is 0 Å². The lowest BCUT2D eigenvalue weighted by atomic mass is 10.2. The Kier molecular flexibility index (Phi) is 5.55. The molecule has 0 aromatic carbocycles. The second-order valence-corrected chi connectivity index (χ2v) is 6.97. The third-order valence-electron chi connectivity index (χ3n) is 3.26. The molecule has 0 aromatic rings. The van der Waals surface area contributed by atoms with Crippen LogP contribution in [0.15, 0.2) is 0 Å². The largest absolute Gasteiger partial charge is 0.480 e. The fourth-order valence-electron chi connectivity index (χ4n) is 2.22. The van der Waals surface area contributed by atoms with Gasteiger partial charge in [-0.2, -0.15) is 0 Å². The van der Waals surface area contributed by atoms with Gasteiger partial charge in [0.25, 0.3) is 0 Å². The van der Waals surface area contributed by atoms with Crippen LogP contribution < -0.4 is 5.32 Å². The van der Waals surface area contributed by atoms with Crippen LogP contribution >= 0.6 is 0 Å². The van der Waals surface area contributed by atoms with Crippen LogP contribution in [0.2, 0.25) is 0 Å². The molecule has 1 fully saturated rings. The van der Waals surface area contributed by atoms with E-state index in [0.29, 0.717) is 26.1 Å². The number of hydrogen-bond donors (Lipinski definition) is 2. The third-order valence-corrected chi connectivity index (χ3v) is 5.06. The summed E-state index contributed by atoms with van der Waals surface area (Å²) in [5.41, 5.74) is 0. The average Bonchev–Trinajstić information content (AvgIpc) is 2.25. The van der Waals surface area contributed by atoms with Gasteiger partial charge in [-0.1, -0.05) is 6.92 Å². The van der Waals surface area contributed by atoms with Gasteiger partial charge in [0, 0.05) is 19.1 Å². The molecule has 2 N–H and O–H groups in total. The molecule has 18 heavy (non-hydrogen) atoms. The molecule has 7 heteroatoms. The topological polar surface area (TPSA) is 86.7 Å². The number of sulfone groups is 1. The van der Waals surface area contributed by atoms with E-state index in [1.54, 1.807) is 0 Å². The molecule has 0 aliphatic carbocycles. The molecule has 0 amide bonds. The standard InChI is InChI=1S/C11H22N2O4S/c1-3-12-10(11(14)15)4-5-13-6-7-18(16,17)8-9(13)2/h9-10,12H,3-8H2,1-2H3,(H,14,15). The molecule has 1 saturated heterocycles. The first-order valence-corrected chi connectivity index (χ1v) is 8.08. The monoisotopic (exact) mass is 278 g/mol. The Morgan fingerprint density at radius 2 is 2.22 bits per heavy atom. The van der Waals surface area contributed by atoms with Gasteiger partial charge in [-0.3, -0.25) is 9.69 Å². The number of aliphatic carboxylic acids is 1. The van der Waals surface area contributed by atoms with Crippen LogP contribution in [0.4, 0.5) is 0 Å². The first kappa shape index (κ1) is 15.4. The van der Waals surface area contributed by atoms with Crippen molar-refractivity contribution in [2.75, 3.05) is 31.1 Å². The summed E-state index contributed by atoms with van der Waals surface area (Å²) in [7, 11) is -2.90. The Morgan fingerprint density at radius 3 is 2.72 bits per heavy atom. The van der Waals surface area contributed by atoms with E-state index in [9.17, 15) is 13.2 Å². The minimum absolute atomic E-state index is 0.0279. The summed E-state index contributed by atoms with van der Waals surface area (Å²) in [6, 6.07) is -0.583. The van der Waals surface area contributed by atoms with E-state index in [4.69, 9.17) is 5.11 Å². The van der Waals surface area contributed by atoms with Crippen molar-refractivity contribution >= 4 is 15.8 Å². The zero-order chi connectivity index (χ0) is 13.8. The van der Waals surface area contributed by atoms with Crippen LogP contribution in [0.1, 0.15) is 20.3 Å². The Hall–Kier alpha value is -0.660. The molecule has 1 heterocycles. The summed E-state index contributed by atoms with van der Waals surface area (Å²) in [5.74, 6) is -0.503. The van der Waals surface area contributed by atoms with Crippen molar-refractivity contribution in [3.05, 3.63) is 0 Å². The van der Waals surface area contributed by atoms with Crippen molar-refractivity contribution in [1.29, 1.82) is 0 Å². The second-order valence-electron chi connectivity index (χ2n) is 4.74. The van der Waals surface area contributed by atoms with E-state index >= 15 is 0 Å². The zero-order valence-corrected chi connectivity index (χ0v) is 11.7. The van der Waals surface area contributed by atoms with Gasteiger partial charge in [0.2, 0.25) is 0 Å². The van der Waals surface area contributed by atoms with Crippen LogP contribution in [0, 0.1) is 0 Å². The first-order valence-electron chi connectivity index (χ1n) is 6.26. The average molecular weight is 278 g/mol. The maximum Gasteiger partial charge on any atom is 0.320 e. The molecule has 0 saturated carbocycles. The molecule has 0 radical (unpaired) electrons. The Labute approximate surface area is 108 Å². The van der Waals surface area contributed by atoms with Gasteiger partial charge >= 0.3 is 5.97 Å². The quantitative estimate of drug-likeness (QED) is 0.685. The molecular formula is C11H22N2O4S. The Balaban J connectivity index is 2.46. The molecule has 1 aliphatic rings. The molecule has 6 nitrogen and oxygen atoms in total. The highest BCUT2D eigenvalue weighted by atomic mass is 32.2. The van der Waals surface area contributed by atoms with E-state index in [1.165, 1.54) is 0 Å². The van der Waals surface area contributed by atoms with Crippen molar-refractivity contribution < 1.29 is 18.3 Å². The molecule has 2 atom stereocenters. The Bertz CT molecular complexity index is 383. The molecule has 0 bridgehead atoms. The van der Waals surface area contributed by atoms with Gasteiger partial charge < -0.3 is 10.4 Å². The highest BCUT2D eigenvalue weighted by molar-refractivity contribution is 7.91. The predicted molar refractivity (Wildman–Crippen MR) is 69.4 cm³/mol. The number of likely N-dealkylation sites (N-methyl/N-ethyl adjacent to an activating group) is 1. The molecule has 1 aliphatic heterocycles. The van der Waals surface area contributed by atoms with Gasteiger partial charge in [-0.15, -0.1) is 0 Å². The number of carboxylic acid groups (broad SMARTS) is 1. The molecule has 1 rings (SSSR count). The van der Waals surface area contributed by atoms with Crippen molar-refractivity contribution in [3.8, 4) is 0 Å². The number of hydrogen-bond acceptors (Lipinski definition) is 5. The molecule has 0 spiro atoms. The third kappa shape index (κ3) is 4.55. The number of nitrogens with one attached hydrogen (secondary N) is 1. The second kappa shape index (κ2) is 6.49. The van der Waals surface area contributed by atoms with Crippen LogP contribution in [0.5, 0.6) is 0 Å². The van der Waals surface area contributed by atoms with E-state index in [0.717, 1.165) is 0 Å². The van der Waals surface area contributed by atoms with Crippen LogP contribution in [0.25, 0.3) is 0 Å². The first-order chi connectivity index (χ1) is 8.35. The van der Waals surface area contributed by atoms with E-state index in [-0.39, 0.29) is 17.5 Å². The summed E-state index contributed by atoms with van der Waals surface area (Å²) >= 11 is 0. The summed E-state index contributed by atoms with van der Waals surface area (Å²) in [6.45, 7) is 5.47. The fourth-order valence-corrected chi connectivity index (χ4v) is 3.84. The van der Waals surface area contributed by atoms with Crippen LogP contribution in [0.3, 0.4) is 0 Å². The number of carboxylic acids is 1. The fraction of sp³-hybridized carbons (Fsp3) is 0.909. The summed E-state index contributed by atoms with van der Waals surface area (Å²) in [4.78, 5) is 13.0. The highest BCUT2D eigenvalue weighted by Gasteiger charge is 2.28. The maximum atomic E-state index is 11.4. The number of nitrogens with zero attached hydrogens (tertiary/aromatic N) is 1. The maximum absolute atomic E-state index is 11.4. The number of carbonyl (C=O) groups is 1. The zero-order valence-electron chi connectivity index (χ0n) is 10.9. The molecule has 106 valence electrons. The summed E-state index contributed by atoms with van der Waals surface area (Å²) in [6.07, 6.45) is 0.494. The van der Waals surface area contributed by atoms with Crippen molar-refractivity contribution in [3.63, 3.8) is 0 Å². The smallest absolute Gasteiger partial charge is 0.320 e. The SMILES string of the molecule is CCNC(CCN1CCS(=O)(=O)CC1C)C(=O)O. The van der Waals surface area contributed by atoms with Crippen molar-refractivity contribution in [2.45, 2.75) is 32.4 Å². The lowest BCUT2D eigenvalue weighted by Crippen LogP contribution is -2.49. The van der Waals surface area contributed by atoms with Gasteiger partial charge in [0.1, 0.15) is 6.04 Å².